The Labute approximate surface area is 219 Å². The maximum absolute atomic E-state index is 13.5. The number of benzene rings is 3. The molecule has 1 unspecified atom stereocenters. The average Bonchev–Trinajstić information content (AvgIpc) is 2.88. The van der Waals surface area contributed by atoms with Gasteiger partial charge in [0.15, 0.2) is 0 Å². The van der Waals surface area contributed by atoms with Crippen LogP contribution in [-0.2, 0) is 16.6 Å². The van der Waals surface area contributed by atoms with Gasteiger partial charge in [0.05, 0.1) is 5.52 Å². The molecule has 1 fully saturated rings. The van der Waals surface area contributed by atoms with Crippen molar-refractivity contribution in [2.45, 2.75) is 24.4 Å². The molecule has 5 rings (SSSR count). The first kappa shape index (κ1) is 25.7. The van der Waals surface area contributed by atoms with Gasteiger partial charge < -0.3 is 4.90 Å². The highest BCUT2D eigenvalue weighted by atomic mass is 32.2. The lowest BCUT2D eigenvalue weighted by atomic mass is 10.1. The number of carbonyl (C=O) groups is 1. The smallest absolute Gasteiger partial charge is 0.264 e. The van der Waals surface area contributed by atoms with Crippen molar-refractivity contribution >= 4 is 32.5 Å². The number of carbonyl (C=O) groups excluding carboxylic acids is 1. The third kappa shape index (κ3) is 5.51. The van der Waals surface area contributed by atoms with Gasteiger partial charge in [-0.05, 0) is 61.0 Å². The molecule has 1 atom stereocenters. The highest BCUT2D eigenvalue weighted by Crippen LogP contribution is 2.24. The molecule has 196 valence electrons. The van der Waals surface area contributed by atoms with Crippen LogP contribution in [0.2, 0.25) is 0 Å². The Morgan fingerprint density at radius 1 is 1.00 bits per heavy atom. The van der Waals surface area contributed by atoms with E-state index in [1.54, 1.807) is 59.6 Å². The van der Waals surface area contributed by atoms with Crippen LogP contribution in [0.5, 0.6) is 0 Å². The second kappa shape index (κ2) is 10.5. The fraction of sp³-hybridized carbons (Fsp3) is 0.214. The van der Waals surface area contributed by atoms with Crippen LogP contribution in [0.1, 0.15) is 22.8 Å². The second-order valence-corrected chi connectivity index (χ2v) is 11.0. The zero-order chi connectivity index (χ0) is 26.9. The molecule has 7 nitrogen and oxygen atoms in total. The maximum atomic E-state index is 13.5. The van der Waals surface area contributed by atoms with Gasteiger partial charge in [0.25, 0.3) is 15.9 Å². The van der Waals surface area contributed by atoms with E-state index in [2.05, 4.69) is 14.6 Å². The third-order valence-electron chi connectivity index (χ3n) is 6.57. The number of nitrogens with zero attached hydrogens (tertiary/aromatic N) is 3. The van der Waals surface area contributed by atoms with E-state index in [4.69, 9.17) is 0 Å². The highest BCUT2D eigenvalue weighted by molar-refractivity contribution is 7.93. The summed E-state index contributed by atoms with van der Waals surface area (Å²) >= 11 is 0. The summed E-state index contributed by atoms with van der Waals surface area (Å²) in [5.41, 5.74) is 1.69. The molecule has 10 heteroatoms. The number of hydrogen-bond acceptors (Lipinski definition) is 5. The van der Waals surface area contributed by atoms with Gasteiger partial charge in [-0.1, -0.05) is 18.2 Å². The lowest BCUT2D eigenvalue weighted by molar-refractivity contribution is 0.0475. The molecular formula is C28H26F2N4O3S. The quantitative estimate of drug-likeness (QED) is 0.388. The predicted molar refractivity (Wildman–Crippen MR) is 141 cm³/mol. The fourth-order valence-corrected chi connectivity index (χ4v) is 6.03. The van der Waals surface area contributed by atoms with E-state index in [0.29, 0.717) is 53.9 Å². The Balaban J connectivity index is 1.24. The van der Waals surface area contributed by atoms with Gasteiger partial charge in [-0.25, -0.2) is 17.2 Å². The third-order valence-corrected chi connectivity index (χ3v) is 7.98. The van der Waals surface area contributed by atoms with Gasteiger partial charge in [-0.3, -0.25) is 19.4 Å². The van der Waals surface area contributed by atoms with Crippen molar-refractivity contribution < 1.29 is 22.0 Å². The number of fused-ring (bicyclic) bond motifs is 1. The van der Waals surface area contributed by atoms with Crippen molar-refractivity contribution in [3.8, 4) is 0 Å². The minimum Gasteiger partial charge on any atom is -0.333 e. The zero-order valence-electron chi connectivity index (χ0n) is 20.6. The summed E-state index contributed by atoms with van der Waals surface area (Å²) in [6.07, 6.45) is 1.55. The number of nitrogens with one attached hydrogen (secondary N) is 1. The van der Waals surface area contributed by atoms with Crippen molar-refractivity contribution in [2.75, 3.05) is 24.4 Å². The van der Waals surface area contributed by atoms with Crippen LogP contribution in [0.15, 0.2) is 83.9 Å². The minimum absolute atomic E-state index is 0.0726. The van der Waals surface area contributed by atoms with E-state index >= 15 is 0 Å². The van der Waals surface area contributed by atoms with Gasteiger partial charge in [0, 0.05) is 61.1 Å². The van der Waals surface area contributed by atoms with Crippen LogP contribution in [0.4, 0.5) is 14.5 Å². The largest absolute Gasteiger partial charge is 0.333 e. The first-order valence-corrected chi connectivity index (χ1v) is 13.6. The fourth-order valence-electron chi connectivity index (χ4n) is 4.79. The molecule has 2 heterocycles. The van der Waals surface area contributed by atoms with Crippen LogP contribution >= 0.6 is 0 Å². The van der Waals surface area contributed by atoms with Crippen LogP contribution in [0.25, 0.3) is 10.9 Å². The summed E-state index contributed by atoms with van der Waals surface area (Å²) in [5.74, 6) is -1.38. The standard InChI is InChI=1S/C28H26F2N4O3S/c1-19-17-33(18-20-14-23(29)16-24(30)15-20)12-13-34(19)28(35)22-7-9-25(10-8-22)32-38(36,37)26-6-2-4-21-5-3-11-31-27(21)26/h2-11,14-16,19,32H,12-13,17-18H2,1H3. The average molecular weight is 537 g/mol. The van der Waals surface area contributed by atoms with Crippen molar-refractivity contribution in [2.24, 2.45) is 0 Å². The molecule has 3 aromatic carbocycles. The Morgan fingerprint density at radius 3 is 2.42 bits per heavy atom. The molecule has 38 heavy (non-hydrogen) atoms. The van der Waals surface area contributed by atoms with Gasteiger partial charge in [-0.15, -0.1) is 0 Å². The molecule has 1 aliphatic heterocycles. The van der Waals surface area contributed by atoms with Crippen molar-refractivity contribution in [3.63, 3.8) is 0 Å². The first-order chi connectivity index (χ1) is 18.2. The maximum Gasteiger partial charge on any atom is 0.264 e. The van der Waals surface area contributed by atoms with E-state index in [1.165, 1.54) is 18.2 Å². The predicted octanol–water partition coefficient (Wildman–Crippen LogP) is 4.66. The summed E-state index contributed by atoms with van der Waals surface area (Å²) in [6, 6.07) is 18.2. The number of anilines is 1. The summed E-state index contributed by atoms with van der Waals surface area (Å²) in [4.78, 5) is 21.3. The Morgan fingerprint density at radius 2 is 1.71 bits per heavy atom. The van der Waals surface area contributed by atoms with Crippen LogP contribution in [0.3, 0.4) is 0 Å². The van der Waals surface area contributed by atoms with E-state index in [-0.39, 0.29) is 16.8 Å². The van der Waals surface area contributed by atoms with Crippen LogP contribution in [0, 0.1) is 11.6 Å². The Kier molecular flexibility index (Phi) is 7.09. The first-order valence-electron chi connectivity index (χ1n) is 12.1. The lowest BCUT2D eigenvalue weighted by Crippen LogP contribution is -2.53. The minimum atomic E-state index is -3.90. The molecule has 4 aromatic rings. The van der Waals surface area contributed by atoms with E-state index in [9.17, 15) is 22.0 Å². The van der Waals surface area contributed by atoms with Crippen molar-refractivity contribution in [3.05, 3.63) is 102 Å². The SMILES string of the molecule is CC1CN(Cc2cc(F)cc(F)c2)CCN1C(=O)c1ccc(NS(=O)(=O)c2cccc3cccnc23)cc1. The van der Waals surface area contributed by atoms with Gasteiger partial charge in [-0.2, -0.15) is 0 Å². The molecule has 1 N–H and O–H groups in total. The summed E-state index contributed by atoms with van der Waals surface area (Å²) in [7, 11) is -3.90. The molecule has 0 spiro atoms. The Hall–Kier alpha value is -3.89. The summed E-state index contributed by atoms with van der Waals surface area (Å²) < 4.78 is 55.7. The molecule has 0 radical (unpaired) electrons. The van der Waals surface area contributed by atoms with Gasteiger partial charge >= 0.3 is 0 Å². The highest BCUT2D eigenvalue weighted by Gasteiger charge is 2.28. The van der Waals surface area contributed by atoms with E-state index in [0.717, 1.165) is 6.07 Å². The number of rotatable bonds is 6. The molecule has 1 amide bonds. The molecular weight excluding hydrogens is 510 g/mol. The lowest BCUT2D eigenvalue weighted by Gasteiger charge is -2.40. The number of aromatic nitrogens is 1. The van der Waals surface area contributed by atoms with Crippen molar-refractivity contribution in [1.82, 2.24) is 14.8 Å². The molecule has 0 bridgehead atoms. The molecule has 1 saturated heterocycles. The zero-order valence-corrected chi connectivity index (χ0v) is 21.5. The number of halogens is 2. The monoisotopic (exact) mass is 536 g/mol. The van der Waals surface area contributed by atoms with Gasteiger partial charge in [0.2, 0.25) is 0 Å². The molecule has 1 aromatic heterocycles. The van der Waals surface area contributed by atoms with E-state index in [1.807, 2.05) is 6.92 Å². The Bertz CT molecular complexity index is 1570. The number of pyridine rings is 1. The number of para-hydroxylation sites is 1. The van der Waals surface area contributed by atoms with Gasteiger partial charge in [0.1, 0.15) is 16.5 Å². The van der Waals surface area contributed by atoms with Crippen LogP contribution < -0.4 is 4.72 Å². The molecule has 0 saturated carbocycles. The van der Waals surface area contributed by atoms with Crippen molar-refractivity contribution in [1.29, 1.82) is 0 Å². The summed E-state index contributed by atoms with van der Waals surface area (Å²) in [6.45, 7) is 3.89. The molecule has 1 aliphatic rings. The second-order valence-electron chi connectivity index (χ2n) is 9.37. The van der Waals surface area contributed by atoms with E-state index < -0.39 is 21.7 Å². The number of amides is 1. The van der Waals surface area contributed by atoms with Crippen LogP contribution in [-0.4, -0.2) is 54.8 Å². The molecule has 0 aliphatic carbocycles. The topological polar surface area (TPSA) is 82.6 Å². The number of piperazine rings is 1. The number of sulfonamides is 1. The summed E-state index contributed by atoms with van der Waals surface area (Å²) in [5, 5.41) is 0.716. The normalized spacial score (nSPS) is 16.5. The number of hydrogen-bond donors (Lipinski definition) is 1.